The van der Waals surface area contributed by atoms with Gasteiger partial charge in [0.05, 0.1) is 11.3 Å². The number of carbonyl (C=O) groups excluding carboxylic acids is 2. The van der Waals surface area contributed by atoms with Gasteiger partial charge in [-0.05, 0) is 30.7 Å². The van der Waals surface area contributed by atoms with Crippen molar-refractivity contribution in [2.45, 2.75) is 18.9 Å². The number of fused-ring (bicyclic) bond motifs is 2. The van der Waals surface area contributed by atoms with Gasteiger partial charge in [-0.2, -0.15) is 0 Å². The quantitative estimate of drug-likeness (QED) is 0.521. The number of hydrogen-bond donors (Lipinski definition) is 1. The lowest BCUT2D eigenvalue weighted by Crippen LogP contribution is -2.48. The lowest BCUT2D eigenvalue weighted by Gasteiger charge is -2.33. The van der Waals surface area contributed by atoms with E-state index < -0.39 is 11.6 Å². The first-order valence-electron chi connectivity index (χ1n) is 9.17. The van der Waals surface area contributed by atoms with Gasteiger partial charge in [0.1, 0.15) is 0 Å². The van der Waals surface area contributed by atoms with Crippen LogP contribution in [0.4, 0.5) is 5.69 Å². The van der Waals surface area contributed by atoms with Gasteiger partial charge in [-0.15, -0.1) is 11.3 Å². The van der Waals surface area contributed by atoms with Crippen LogP contribution in [-0.2, 0) is 16.0 Å². The van der Waals surface area contributed by atoms with Crippen LogP contribution in [0.2, 0.25) is 0 Å². The van der Waals surface area contributed by atoms with E-state index in [2.05, 4.69) is 10.3 Å². The first-order valence-corrected chi connectivity index (χ1v) is 10.1. The van der Waals surface area contributed by atoms with E-state index in [-0.39, 0.29) is 5.91 Å². The fraction of sp³-hybridized carbons (Fsp3) is 0.136. The smallest absolute Gasteiger partial charge is 0.339 e. The molecule has 0 saturated carbocycles. The second kappa shape index (κ2) is 6.56. The number of nitrogens with one attached hydrogen (secondary N) is 1. The Hall–Kier alpha value is -3.45. The number of benzene rings is 2. The predicted octanol–water partition coefficient (Wildman–Crippen LogP) is 4.17. The van der Waals surface area contributed by atoms with Crippen LogP contribution in [0.25, 0.3) is 16.2 Å². The number of cyclic esters (lactones) is 1. The zero-order chi connectivity index (χ0) is 20.0. The Labute approximate surface area is 170 Å². The number of amides is 1. The molecule has 1 aliphatic heterocycles. The van der Waals surface area contributed by atoms with Crippen LogP contribution in [0.1, 0.15) is 22.8 Å². The summed E-state index contributed by atoms with van der Waals surface area (Å²) in [5, 5.41) is 4.85. The van der Waals surface area contributed by atoms with Gasteiger partial charge in [0.2, 0.25) is 0 Å². The number of hydrogen-bond acceptors (Lipinski definition) is 5. The highest BCUT2D eigenvalue weighted by Gasteiger charge is 2.42. The molecule has 1 unspecified atom stereocenters. The Bertz CT molecular complexity index is 1210. The highest BCUT2D eigenvalue weighted by atomic mass is 32.1. The highest BCUT2D eigenvalue weighted by Crippen LogP contribution is 2.30. The molecule has 0 fully saturated rings. The van der Waals surface area contributed by atoms with Crippen molar-refractivity contribution in [3.05, 3.63) is 77.4 Å². The van der Waals surface area contributed by atoms with Crippen molar-refractivity contribution in [3.63, 3.8) is 0 Å². The van der Waals surface area contributed by atoms with Gasteiger partial charge in [0.25, 0.3) is 5.91 Å². The van der Waals surface area contributed by atoms with Crippen LogP contribution >= 0.6 is 11.3 Å². The van der Waals surface area contributed by atoms with E-state index in [1.54, 1.807) is 30.4 Å². The Kier molecular flexibility index (Phi) is 3.99. The highest BCUT2D eigenvalue weighted by molar-refractivity contribution is 7.15. The summed E-state index contributed by atoms with van der Waals surface area (Å²) >= 11 is 1.58. The Morgan fingerprint density at radius 3 is 2.79 bits per heavy atom. The van der Waals surface area contributed by atoms with Crippen molar-refractivity contribution < 1.29 is 14.3 Å². The first kappa shape index (κ1) is 17.6. The maximum atomic E-state index is 12.9. The monoisotopic (exact) mass is 403 g/mol. The minimum atomic E-state index is -1.25. The zero-order valence-electron chi connectivity index (χ0n) is 15.6. The second-order valence-electron chi connectivity index (χ2n) is 7.20. The number of nitrogens with zero attached hydrogens (tertiary/aromatic N) is 2. The van der Waals surface area contributed by atoms with Gasteiger partial charge in [0, 0.05) is 35.4 Å². The molecular weight excluding hydrogens is 386 g/mol. The molecule has 0 bridgehead atoms. The first-order chi connectivity index (χ1) is 14.0. The Morgan fingerprint density at radius 1 is 1.21 bits per heavy atom. The molecule has 1 atom stereocenters. The van der Waals surface area contributed by atoms with Crippen molar-refractivity contribution in [3.8, 4) is 11.3 Å². The molecule has 7 heteroatoms. The maximum Gasteiger partial charge on any atom is 0.339 e. The number of ether oxygens (including phenoxy) is 1. The molecule has 0 aliphatic carbocycles. The molecule has 1 N–H and O–H groups in total. The van der Waals surface area contributed by atoms with Crippen molar-refractivity contribution in [1.82, 2.24) is 9.38 Å². The van der Waals surface area contributed by atoms with Crippen LogP contribution in [-0.4, -0.2) is 26.9 Å². The SMILES string of the molecule is CC1(C(=O)Nc2ccc(-c3cn4ccsc4n3)cc2)Cc2ccccc2C(=O)O1. The summed E-state index contributed by atoms with van der Waals surface area (Å²) in [6, 6.07) is 14.7. The number of imidazole rings is 1. The summed E-state index contributed by atoms with van der Waals surface area (Å²) in [4.78, 5) is 30.7. The van der Waals surface area contributed by atoms with Crippen LogP contribution in [0.3, 0.4) is 0 Å². The molecule has 0 saturated heterocycles. The van der Waals surface area contributed by atoms with Gasteiger partial charge in [0.15, 0.2) is 10.6 Å². The van der Waals surface area contributed by atoms with Gasteiger partial charge in [-0.3, -0.25) is 9.20 Å². The normalized spacial score (nSPS) is 18.3. The standard InChI is InChI=1S/C22H17N3O3S/c1-22(12-15-4-2-3-5-17(15)19(26)28-22)20(27)23-16-8-6-14(7-9-16)18-13-25-10-11-29-21(25)24-18/h2-11,13H,12H2,1H3,(H,23,27). The van der Waals surface area contributed by atoms with Gasteiger partial charge < -0.3 is 10.1 Å². The lowest BCUT2D eigenvalue weighted by atomic mass is 9.89. The summed E-state index contributed by atoms with van der Waals surface area (Å²) in [6.45, 7) is 1.64. The molecule has 0 spiro atoms. The third-order valence-corrected chi connectivity index (χ3v) is 5.87. The average molecular weight is 403 g/mol. The van der Waals surface area contributed by atoms with Crippen molar-refractivity contribution in [2.75, 3.05) is 5.32 Å². The molecule has 6 nitrogen and oxygen atoms in total. The summed E-state index contributed by atoms with van der Waals surface area (Å²) in [5.74, 6) is -0.824. The largest absolute Gasteiger partial charge is 0.445 e. The van der Waals surface area contributed by atoms with Crippen LogP contribution in [0.15, 0.2) is 66.3 Å². The number of thiazole rings is 1. The zero-order valence-corrected chi connectivity index (χ0v) is 16.4. The molecule has 1 amide bonds. The summed E-state index contributed by atoms with van der Waals surface area (Å²) in [6.07, 6.45) is 4.28. The van der Waals surface area contributed by atoms with E-state index >= 15 is 0 Å². The Morgan fingerprint density at radius 2 is 2.00 bits per heavy atom. The van der Waals surface area contributed by atoms with Gasteiger partial charge in [-0.1, -0.05) is 30.3 Å². The van der Waals surface area contributed by atoms with Crippen molar-refractivity contribution in [1.29, 1.82) is 0 Å². The third kappa shape index (κ3) is 3.09. The second-order valence-corrected chi connectivity index (χ2v) is 8.08. The van der Waals surface area contributed by atoms with E-state index in [1.165, 1.54) is 0 Å². The third-order valence-electron chi connectivity index (χ3n) is 5.10. The van der Waals surface area contributed by atoms with Crippen molar-refractivity contribution in [2.24, 2.45) is 0 Å². The molecule has 5 rings (SSSR count). The number of anilines is 1. The average Bonchev–Trinajstić information content (AvgIpc) is 3.31. The van der Waals surface area contributed by atoms with E-state index in [0.29, 0.717) is 17.7 Å². The minimum Gasteiger partial charge on any atom is -0.445 e. The van der Waals surface area contributed by atoms with E-state index in [1.807, 2.05) is 58.6 Å². The molecule has 2 aromatic carbocycles. The molecule has 2 aromatic heterocycles. The van der Waals surface area contributed by atoms with Crippen LogP contribution < -0.4 is 5.32 Å². The molecule has 4 aromatic rings. The molecule has 1 aliphatic rings. The van der Waals surface area contributed by atoms with Crippen molar-refractivity contribution >= 4 is 33.9 Å². The van der Waals surface area contributed by atoms with Gasteiger partial charge >= 0.3 is 5.97 Å². The lowest BCUT2D eigenvalue weighted by molar-refractivity contribution is -0.134. The predicted molar refractivity (Wildman–Crippen MR) is 111 cm³/mol. The van der Waals surface area contributed by atoms with E-state index in [0.717, 1.165) is 21.8 Å². The van der Waals surface area contributed by atoms with Gasteiger partial charge in [-0.25, -0.2) is 9.78 Å². The number of esters is 1. The minimum absolute atomic E-state index is 0.338. The summed E-state index contributed by atoms with van der Waals surface area (Å²) in [7, 11) is 0. The van der Waals surface area contributed by atoms with E-state index in [4.69, 9.17) is 4.74 Å². The fourth-order valence-electron chi connectivity index (χ4n) is 3.51. The summed E-state index contributed by atoms with van der Waals surface area (Å²) in [5.41, 5.74) is 2.55. The van der Waals surface area contributed by atoms with Crippen LogP contribution in [0.5, 0.6) is 0 Å². The molecule has 3 heterocycles. The summed E-state index contributed by atoms with van der Waals surface area (Å²) < 4.78 is 7.47. The number of carbonyl (C=O) groups is 2. The molecule has 0 radical (unpaired) electrons. The van der Waals surface area contributed by atoms with Crippen LogP contribution in [0, 0.1) is 0 Å². The topological polar surface area (TPSA) is 72.7 Å². The fourth-order valence-corrected chi connectivity index (χ4v) is 4.21. The number of rotatable bonds is 3. The molecule has 29 heavy (non-hydrogen) atoms. The molecular formula is C22H17N3O3S. The Balaban J connectivity index is 1.34. The molecule has 144 valence electrons. The maximum absolute atomic E-state index is 12.9. The van der Waals surface area contributed by atoms with E-state index in [9.17, 15) is 9.59 Å². The number of aromatic nitrogens is 2.